The molecule has 6 nitrogen and oxygen atoms in total. The van der Waals surface area contributed by atoms with Crippen molar-refractivity contribution < 1.29 is 14.3 Å². The minimum atomic E-state index is -0.486. The summed E-state index contributed by atoms with van der Waals surface area (Å²) in [6, 6.07) is 10.9. The molecule has 152 valence electrons. The lowest BCUT2D eigenvalue weighted by molar-refractivity contribution is -0.113. The van der Waals surface area contributed by atoms with Gasteiger partial charge in [0.2, 0.25) is 0 Å². The Bertz CT molecular complexity index is 1000. The van der Waals surface area contributed by atoms with Crippen LogP contribution in [0.1, 0.15) is 29.7 Å². The van der Waals surface area contributed by atoms with Crippen LogP contribution < -0.4 is 25.4 Å². The van der Waals surface area contributed by atoms with E-state index in [0.717, 1.165) is 16.8 Å². The van der Waals surface area contributed by atoms with Crippen LogP contribution in [0.3, 0.4) is 0 Å². The van der Waals surface area contributed by atoms with Crippen LogP contribution in [0.25, 0.3) is 0 Å². The summed E-state index contributed by atoms with van der Waals surface area (Å²) in [6.07, 6.45) is 0. The normalized spacial score (nSPS) is 16.0. The number of hydrogen-bond donors (Lipinski definition) is 3. The second kappa shape index (κ2) is 8.53. The Morgan fingerprint density at radius 3 is 2.48 bits per heavy atom. The molecular weight excluding hydrogens is 386 g/mol. The maximum Gasteiger partial charge on any atom is 0.255 e. The van der Waals surface area contributed by atoms with Crippen molar-refractivity contribution in [3.63, 3.8) is 0 Å². The third-order valence-electron chi connectivity index (χ3n) is 5.02. The second-order valence-electron chi connectivity index (χ2n) is 6.91. The average Bonchev–Trinajstić information content (AvgIpc) is 2.69. The molecule has 1 aliphatic heterocycles. The van der Waals surface area contributed by atoms with Crippen molar-refractivity contribution in [2.24, 2.45) is 0 Å². The number of aryl methyl sites for hydroxylation is 2. The molecule has 0 radical (unpaired) electrons. The Morgan fingerprint density at radius 1 is 1.07 bits per heavy atom. The number of thiocarbonyl (C=S) groups is 1. The van der Waals surface area contributed by atoms with E-state index in [1.807, 2.05) is 57.2 Å². The maximum atomic E-state index is 13.3. The Balaban J connectivity index is 2.02. The van der Waals surface area contributed by atoms with Crippen LogP contribution in [0.15, 0.2) is 47.7 Å². The molecule has 3 N–H and O–H groups in total. The summed E-state index contributed by atoms with van der Waals surface area (Å²) in [6.45, 7) is 5.89. The highest BCUT2D eigenvalue weighted by Gasteiger charge is 2.32. The Hall–Kier alpha value is -3.06. The summed E-state index contributed by atoms with van der Waals surface area (Å²) in [5, 5.41) is 9.68. The van der Waals surface area contributed by atoms with Crippen molar-refractivity contribution >= 4 is 28.9 Å². The fourth-order valence-corrected chi connectivity index (χ4v) is 3.66. The molecule has 2 aromatic carbocycles. The summed E-state index contributed by atoms with van der Waals surface area (Å²) in [7, 11) is 3.16. The molecule has 2 aromatic rings. The fourth-order valence-electron chi connectivity index (χ4n) is 3.39. The molecule has 1 amide bonds. The highest BCUT2D eigenvalue weighted by molar-refractivity contribution is 7.80. The number of ether oxygens (including phenoxy) is 2. The van der Waals surface area contributed by atoms with E-state index in [0.29, 0.717) is 27.9 Å². The Morgan fingerprint density at radius 2 is 1.83 bits per heavy atom. The lowest BCUT2D eigenvalue weighted by Gasteiger charge is -2.31. The van der Waals surface area contributed by atoms with Gasteiger partial charge in [0, 0.05) is 16.9 Å². The van der Waals surface area contributed by atoms with Crippen molar-refractivity contribution in [3.05, 3.63) is 64.4 Å². The number of carbonyl (C=O) groups excluding carboxylic acids is 1. The third kappa shape index (κ3) is 4.19. The van der Waals surface area contributed by atoms with Crippen LogP contribution >= 0.6 is 12.2 Å². The van der Waals surface area contributed by atoms with Crippen molar-refractivity contribution in [2.45, 2.75) is 26.8 Å². The zero-order valence-electron chi connectivity index (χ0n) is 17.2. The maximum absolute atomic E-state index is 13.3. The summed E-state index contributed by atoms with van der Waals surface area (Å²) in [5.74, 6) is 0.924. The van der Waals surface area contributed by atoms with E-state index < -0.39 is 6.04 Å². The summed E-state index contributed by atoms with van der Waals surface area (Å²) in [4.78, 5) is 13.3. The molecule has 3 rings (SSSR count). The van der Waals surface area contributed by atoms with Gasteiger partial charge < -0.3 is 25.4 Å². The third-order valence-corrected chi connectivity index (χ3v) is 5.24. The highest BCUT2D eigenvalue weighted by Crippen LogP contribution is 2.39. The van der Waals surface area contributed by atoms with Gasteiger partial charge in [-0.3, -0.25) is 4.79 Å². The van der Waals surface area contributed by atoms with Crippen LogP contribution in [-0.4, -0.2) is 25.2 Å². The smallest absolute Gasteiger partial charge is 0.255 e. The number of allylic oxidation sites excluding steroid dienone is 1. The molecule has 0 spiro atoms. The highest BCUT2D eigenvalue weighted by atomic mass is 32.1. The summed E-state index contributed by atoms with van der Waals surface area (Å²) in [5.41, 5.74) is 5.00. The van der Waals surface area contributed by atoms with Gasteiger partial charge in [-0.2, -0.15) is 0 Å². The standard InChI is InChI=1S/C22H25N3O3S/c1-12-9-10-15(11-13(12)2)24-21(26)18-14(3)23-22(29)25-19(18)16-7-6-8-17(27-4)20(16)28-5/h6-11,19H,1-5H3,(H,24,26)(H2,23,25,29). The second-order valence-corrected chi connectivity index (χ2v) is 7.31. The molecule has 0 fully saturated rings. The Kier molecular flexibility index (Phi) is 6.08. The van der Waals surface area contributed by atoms with Crippen molar-refractivity contribution in [3.8, 4) is 11.5 Å². The van der Waals surface area contributed by atoms with Gasteiger partial charge in [-0.05, 0) is 62.3 Å². The molecule has 0 saturated heterocycles. The van der Waals surface area contributed by atoms with Gasteiger partial charge in [-0.15, -0.1) is 0 Å². The number of rotatable bonds is 5. The molecule has 7 heteroatoms. The predicted molar refractivity (Wildman–Crippen MR) is 118 cm³/mol. The molecule has 0 saturated carbocycles. The van der Waals surface area contributed by atoms with Crippen molar-refractivity contribution in [2.75, 3.05) is 19.5 Å². The van der Waals surface area contributed by atoms with Crippen LogP contribution in [0.5, 0.6) is 11.5 Å². The van der Waals surface area contributed by atoms with Crippen molar-refractivity contribution in [1.29, 1.82) is 0 Å². The molecule has 29 heavy (non-hydrogen) atoms. The van der Waals surface area contributed by atoms with E-state index in [9.17, 15) is 4.79 Å². The molecule has 1 unspecified atom stereocenters. The lowest BCUT2D eigenvalue weighted by atomic mass is 9.93. The van der Waals surface area contributed by atoms with Crippen molar-refractivity contribution in [1.82, 2.24) is 10.6 Å². The number of para-hydroxylation sites is 1. The molecule has 1 atom stereocenters. The Labute approximate surface area is 176 Å². The number of carbonyl (C=O) groups is 1. The van der Waals surface area contributed by atoms with E-state index in [1.165, 1.54) is 5.56 Å². The molecule has 1 heterocycles. The van der Waals surface area contributed by atoms with Gasteiger partial charge in [-0.1, -0.05) is 18.2 Å². The topological polar surface area (TPSA) is 71.6 Å². The van der Waals surface area contributed by atoms with Gasteiger partial charge in [-0.25, -0.2) is 0 Å². The number of methoxy groups -OCH3 is 2. The first-order valence-electron chi connectivity index (χ1n) is 9.23. The largest absolute Gasteiger partial charge is 0.493 e. The van der Waals surface area contributed by atoms with Gasteiger partial charge >= 0.3 is 0 Å². The number of hydrogen-bond acceptors (Lipinski definition) is 4. The zero-order chi connectivity index (χ0) is 21.1. The number of benzene rings is 2. The van der Waals surface area contributed by atoms with Crippen LogP contribution in [-0.2, 0) is 4.79 Å². The molecule has 0 aliphatic carbocycles. The van der Waals surface area contributed by atoms with Crippen LogP contribution in [0.4, 0.5) is 5.69 Å². The van der Waals surface area contributed by atoms with Gasteiger partial charge in [0.15, 0.2) is 16.6 Å². The van der Waals surface area contributed by atoms with Crippen LogP contribution in [0.2, 0.25) is 0 Å². The monoisotopic (exact) mass is 411 g/mol. The lowest BCUT2D eigenvalue weighted by Crippen LogP contribution is -2.45. The quantitative estimate of drug-likeness (QED) is 0.651. The first kappa shape index (κ1) is 20.7. The van der Waals surface area contributed by atoms with E-state index in [2.05, 4.69) is 16.0 Å². The van der Waals surface area contributed by atoms with E-state index >= 15 is 0 Å². The zero-order valence-corrected chi connectivity index (χ0v) is 18.0. The molecule has 0 aromatic heterocycles. The predicted octanol–water partition coefficient (Wildman–Crippen LogP) is 3.75. The summed E-state index contributed by atoms with van der Waals surface area (Å²) < 4.78 is 11.0. The molecular formula is C22H25N3O3S. The van der Waals surface area contributed by atoms with Crippen LogP contribution in [0, 0.1) is 13.8 Å². The number of anilines is 1. The minimum Gasteiger partial charge on any atom is -0.493 e. The minimum absolute atomic E-state index is 0.219. The van der Waals surface area contributed by atoms with E-state index in [1.54, 1.807) is 14.2 Å². The molecule has 1 aliphatic rings. The van der Waals surface area contributed by atoms with Gasteiger partial charge in [0.1, 0.15) is 0 Å². The first-order chi connectivity index (χ1) is 13.8. The average molecular weight is 412 g/mol. The SMILES string of the molecule is COc1cccc(C2NC(=S)NC(C)=C2C(=O)Nc2ccc(C)c(C)c2)c1OC. The molecule has 0 bridgehead atoms. The fraction of sp³-hybridized carbons (Fsp3) is 0.273. The van der Waals surface area contributed by atoms with E-state index in [4.69, 9.17) is 21.7 Å². The van der Waals surface area contributed by atoms with E-state index in [-0.39, 0.29) is 5.91 Å². The first-order valence-corrected chi connectivity index (χ1v) is 9.64. The number of nitrogens with one attached hydrogen (secondary N) is 3. The van der Waals surface area contributed by atoms with Gasteiger partial charge in [0.05, 0.1) is 25.8 Å². The summed E-state index contributed by atoms with van der Waals surface area (Å²) >= 11 is 5.34. The number of amides is 1. The van der Waals surface area contributed by atoms with Gasteiger partial charge in [0.25, 0.3) is 5.91 Å².